The molecule has 0 bridgehead atoms. The number of carbonyl (C=O) groups is 2. The summed E-state index contributed by atoms with van der Waals surface area (Å²) in [5, 5.41) is 3.35. The first-order valence-electron chi connectivity index (χ1n) is 10.6. The third-order valence-electron chi connectivity index (χ3n) is 7.03. The number of fused-ring (bicyclic) bond motifs is 2. The fourth-order valence-corrected chi connectivity index (χ4v) is 5.48. The van der Waals surface area contributed by atoms with Crippen LogP contribution in [0.3, 0.4) is 0 Å². The van der Waals surface area contributed by atoms with Gasteiger partial charge in [-0.1, -0.05) is 48.5 Å². The molecule has 3 aliphatic rings. The highest BCUT2D eigenvalue weighted by atomic mass is 16.2. The molecule has 1 N–H and O–H groups in total. The van der Waals surface area contributed by atoms with E-state index in [1.54, 1.807) is 0 Å². The SMILES string of the molecule is O=C1NC2(CCN(C(=O)c3ccccc3)CC2)[C@H]2CN(Cc3ccccc3)C[C@@H]12. The van der Waals surface area contributed by atoms with Gasteiger partial charge in [0.2, 0.25) is 5.91 Å². The first kappa shape index (κ1) is 18.4. The minimum Gasteiger partial charge on any atom is -0.350 e. The van der Waals surface area contributed by atoms with Crippen molar-refractivity contribution in [3.05, 3.63) is 71.8 Å². The summed E-state index contributed by atoms with van der Waals surface area (Å²) in [6, 6.07) is 20.0. The number of likely N-dealkylation sites (tertiary alicyclic amines) is 2. The summed E-state index contributed by atoms with van der Waals surface area (Å²) in [6.07, 6.45) is 1.69. The molecule has 2 aromatic carbocycles. The molecule has 3 heterocycles. The number of hydrogen-bond donors (Lipinski definition) is 1. The van der Waals surface area contributed by atoms with Gasteiger partial charge in [-0.3, -0.25) is 14.5 Å². The minimum atomic E-state index is -0.152. The Balaban J connectivity index is 1.26. The van der Waals surface area contributed by atoms with E-state index in [-0.39, 0.29) is 23.3 Å². The Bertz CT molecular complexity index is 891. The highest BCUT2D eigenvalue weighted by Crippen LogP contribution is 2.44. The van der Waals surface area contributed by atoms with Gasteiger partial charge < -0.3 is 10.2 Å². The van der Waals surface area contributed by atoms with Crippen LogP contribution >= 0.6 is 0 Å². The lowest BCUT2D eigenvalue weighted by atomic mass is 9.75. The van der Waals surface area contributed by atoms with E-state index in [2.05, 4.69) is 34.5 Å². The van der Waals surface area contributed by atoms with Crippen LogP contribution in [0.25, 0.3) is 0 Å². The van der Waals surface area contributed by atoms with E-state index in [9.17, 15) is 9.59 Å². The zero-order valence-corrected chi connectivity index (χ0v) is 16.6. The van der Waals surface area contributed by atoms with Gasteiger partial charge >= 0.3 is 0 Å². The summed E-state index contributed by atoms with van der Waals surface area (Å²) >= 11 is 0. The molecule has 29 heavy (non-hydrogen) atoms. The number of piperidine rings is 1. The standard InChI is InChI=1S/C24H27N3O2/c28-22-20-16-26(15-18-7-3-1-4-8-18)17-21(20)24(25-22)11-13-27(14-12-24)23(29)19-9-5-2-6-10-19/h1-10,20-21H,11-17H2,(H,25,28)/t20-,21+/m1/s1. The maximum Gasteiger partial charge on any atom is 0.253 e. The fourth-order valence-electron chi connectivity index (χ4n) is 5.48. The van der Waals surface area contributed by atoms with Crippen LogP contribution < -0.4 is 5.32 Å². The van der Waals surface area contributed by atoms with Crippen LogP contribution in [0.5, 0.6) is 0 Å². The summed E-state index contributed by atoms with van der Waals surface area (Å²) in [5.74, 6) is 0.717. The van der Waals surface area contributed by atoms with Gasteiger partial charge in [0, 0.05) is 49.7 Å². The number of benzene rings is 2. The zero-order chi connectivity index (χ0) is 19.8. The number of amides is 2. The molecular formula is C24H27N3O2. The average Bonchev–Trinajstić information content (AvgIpc) is 3.29. The van der Waals surface area contributed by atoms with Crippen LogP contribution in [0.15, 0.2) is 60.7 Å². The van der Waals surface area contributed by atoms with Gasteiger partial charge in [-0.05, 0) is 30.5 Å². The molecule has 0 aromatic heterocycles. The third kappa shape index (κ3) is 3.33. The molecule has 0 unspecified atom stereocenters. The predicted octanol–water partition coefficient (Wildman–Crippen LogP) is 2.54. The summed E-state index contributed by atoms with van der Waals surface area (Å²) in [4.78, 5) is 29.9. The largest absolute Gasteiger partial charge is 0.350 e. The normalized spacial score (nSPS) is 25.8. The second-order valence-electron chi connectivity index (χ2n) is 8.70. The lowest BCUT2D eigenvalue weighted by Gasteiger charge is -2.42. The Morgan fingerprint density at radius 3 is 2.31 bits per heavy atom. The molecule has 0 saturated carbocycles. The molecule has 2 aromatic rings. The Hall–Kier alpha value is -2.66. The Morgan fingerprint density at radius 2 is 1.62 bits per heavy atom. The maximum absolute atomic E-state index is 12.8. The fraction of sp³-hybridized carbons (Fsp3) is 0.417. The summed E-state index contributed by atoms with van der Waals surface area (Å²) < 4.78 is 0. The molecule has 3 saturated heterocycles. The van der Waals surface area contributed by atoms with Gasteiger partial charge in [-0.2, -0.15) is 0 Å². The number of rotatable bonds is 3. The van der Waals surface area contributed by atoms with Crippen molar-refractivity contribution in [2.45, 2.75) is 24.9 Å². The van der Waals surface area contributed by atoms with E-state index < -0.39 is 0 Å². The van der Waals surface area contributed by atoms with Crippen LogP contribution in [0.1, 0.15) is 28.8 Å². The maximum atomic E-state index is 12.8. The molecule has 5 nitrogen and oxygen atoms in total. The van der Waals surface area contributed by atoms with Crippen LogP contribution in [-0.2, 0) is 11.3 Å². The van der Waals surface area contributed by atoms with Gasteiger partial charge in [0.05, 0.1) is 5.92 Å². The van der Waals surface area contributed by atoms with Crippen molar-refractivity contribution in [2.24, 2.45) is 11.8 Å². The van der Waals surface area contributed by atoms with E-state index in [0.29, 0.717) is 19.0 Å². The number of nitrogens with zero attached hydrogens (tertiary/aromatic N) is 2. The van der Waals surface area contributed by atoms with Crippen molar-refractivity contribution < 1.29 is 9.59 Å². The third-order valence-corrected chi connectivity index (χ3v) is 7.03. The van der Waals surface area contributed by atoms with Gasteiger partial charge in [-0.25, -0.2) is 0 Å². The van der Waals surface area contributed by atoms with Gasteiger partial charge in [0.25, 0.3) is 5.91 Å². The molecular weight excluding hydrogens is 362 g/mol. The summed E-state index contributed by atoms with van der Waals surface area (Å²) in [5.41, 5.74) is 1.89. The molecule has 5 heteroatoms. The molecule has 0 radical (unpaired) electrons. The quantitative estimate of drug-likeness (QED) is 0.878. The molecule has 150 valence electrons. The van der Waals surface area contributed by atoms with Crippen LogP contribution in [0, 0.1) is 11.8 Å². The first-order chi connectivity index (χ1) is 14.1. The molecule has 5 rings (SSSR count). The number of nitrogens with one attached hydrogen (secondary N) is 1. The first-order valence-corrected chi connectivity index (χ1v) is 10.6. The highest BCUT2D eigenvalue weighted by Gasteiger charge is 2.57. The number of carbonyl (C=O) groups excluding carboxylic acids is 2. The summed E-state index contributed by atoms with van der Waals surface area (Å²) in [7, 11) is 0. The van der Waals surface area contributed by atoms with Crippen molar-refractivity contribution in [1.82, 2.24) is 15.1 Å². The van der Waals surface area contributed by atoms with Gasteiger partial charge in [0.1, 0.15) is 0 Å². The minimum absolute atomic E-state index is 0.0788. The second kappa shape index (κ2) is 7.30. The Morgan fingerprint density at radius 1 is 0.966 bits per heavy atom. The van der Waals surface area contributed by atoms with E-state index >= 15 is 0 Å². The molecule has 0 aliphatic carbocycles. The number of hydrogen-bond acceptors (Lipinski definition) is 3. The van der Waals surface area contributed by atoms with Crippen molar-refractivity contribution in [1.29, 1.82) is 0 Å². The van der Waals surface area contributed by atoms with Crippen molar-refractivity contribution in [3.8, 4) is 0 Å². The van der Waals surface area contributed by atoms with E-state index in [0.717, 1.165) is 38.0 Å². The molecule has 3 aliphatic heterocycles. The summed E-state index contributed by atoms with van der Waals surface area (Å²) in [6.45, 7) is 4.09. The lowest BCUT2D eigenvalue weighted by molar-refractivity contribution is -0.123. The Labute approximate surface area is 171 Å². The van der Waals surface area contributed by atoms with Crippen molar-refractivity contribution in [3.63, 3.8) is 0 Å². The average molecular weight is 389 g/mol. The van der Waals surface area contributed by atoms with Crippen molar-refractivity contribution >= 4 is 11.8 Å². The van der Waals surface area contributed by atoms with Crippen LogP contribution in [-0.4, -0.2) is 53.3 Å². The van der Waals surface area contributed by atoms with Gasteiger partial charge in [-0.15, -0.1) is 0 Å². The smallest absolute Gasteiger partial charge is 0.253 e. The topological polar surface area (TPSA) is 52.7 Å². The van der Waals surface area contributed by atoms with Crippen LogP contribution in [0.2, 0.25) is 0 Å². The Kier molecular flexibility index (Phi) is 4.63. The van der Waals surface area contributed by atoms with E-state index in [1.807, 2.05) is 41.3 Å². The predicted molar refractivity (Wildman–Crippen MR) is 111 cm³/mol. The highest BCUT2D eigenvalue weighted by molar-refractivity contribution is 5.94. The molecule has 3 fully saturated rings. The molecule has 1 spiro atoms. The van der Waals surface area contributed by atoms with E-state index in [1.165, 1.54) is 5.56 Å². The van der Waals surface area contributed by atoms with Gasteiger partial charge in [0.15, 0.2) is 0 Å². The molecule has 2 atom stereocenters. The lowest BCUT2D eigenvalue weighted by Crippen LogP contribution is -2.56. The molecule has 2 amide bonds. The van der Waals surface area contributed by atoms with E-state index in [4.69, 9.17) is 0 Å². The monoisotopic (exact) mass is 389 g/mol. The zero-order valence-electron chi connectivity index (χ0n) is 16.6. The second-order valence-corrected chi connectivity index (χ2v) is 8.70. The van der Waals surface area contributed by atoms with Crippen LogP contribution in [0.4, 0.5) is 0 Å². The van der Waals surface area contributed by atoms with Crippen molar-refractivity contribution in [2.75, 3.05) is 26.2 Å².